The molecule has 0 N–H and O–H groups in total. The molecule has 1 saturated heterocycles. The average Bonchev–Trinajstić information content (AvgIpc) is 3.17. The van der Waals surface area contributed by atoms with Crippen molar-refractivity contribution < 1.29 is 9.32 Å². The van der Waals surface area contributed by atoms with E-state index in [1.165, 1.54) is 11.3 Å². The van der Waals surface area contributed by atoms with Gasteiger partial charge in [0, 0.05) is 26.0 Å². The maximum atomic E-state index is 12.5. The quantitative estimate of drug-likeness (QED) is 0.867. The summed E-state index contributed by atoms with van der Waals surface area (Å²) in [7, 11) is 3.72. The summed E-state index contributed by atoms with van der Waals surface area (Å²) in [5.74, 6) is 1.10. The Morgan fingerprint density at radius 2 is 2.40 bits per heavy atom. The molecule has 1 fully saturated rings. The Bertz CT molecular complexity index is 593. The lowest BCUT2D eigenvalue weighted by Gasteiger charge is -2.21. The molecule has 6 nitrogen and oxygen atoms in total. The van der Waals surface area contributed by atoms with Crippen LogP contribution in [0.1, 0.15) is 35.1 Å². The van der Waals surface area contributed by atoms with Crippen molar-refractivity contribution in [2.45, 2.75) is 18.9 Å². The fourth-order valence-electron chi connectivity index (χ4n) is 2.36. The van der Waals surface area contributed by atoms with Crippen molar-refractivity contribution >= 4 is 23.2 Å². The summed E-state index contributed by atoms with van der Waals surface area (Å²) in [6.07, 6.45) is 1.82. The molecule has 0 spiro atoms. The van der Waals surface area contributed by atoms with Gasteiger partial charge in [0.15, 0.2) is 0 Å². The molecule has 3 heterocycles. The molecule has 2 aromatic heterocycles. The van der Waals surface area contributed by atoms with Gasteiger partial charge in [0.1, 0.15) is 6.04 Å². The topological polar surface area (TPSA) is 62.5 Å². The molecule has 1 aliphatic heterocycles. The molecular formula is C13H16N4O2S. The van der Waals surface area contributed by atoms with Crippen LogP contribution < -0.4 is 4.90 Å². The Morgan fingerprint density at radius 1 is 1.55 bits per heavy atom. The minimum Gasteiger partial charge on any atom is -0.344 e. The van der Waals surface area contributed by atoms with Crippen molar-refractivity contribution in [3.8, 4) is 0 Å². The number of hydrogen-bond acceptors (Lipinski definition) is 6. The number of anilines is 1. The standard InChI is InChI=1S/C13H16N4O2S/c1-16(2)13-14-11(19-15-13)10-4-3-6-17(10)12(18)9-5-7-20-8-9/h5,7-8,10H,3-4,6H2,1-2H3. The molecule has 1 unspecified atom stereocenters. The molecule has 0 aromatic carbocycles. The molecule has 0 radical (unpaired) electrons. The van der Waals surface area contributed by atoms with Crippen LogP contribution in [0.5, 0.6) is 0 Å². The second kappa shape index (κ2) is 5.24. The predicted molar refractivity (Wildman–Crippen MR) is 76.0 cm³/mol. The monoisotopic (exact) mass is 292 g/mol. The van der Waals surface area contributed by atoms with Crippen LogP contribution in [0.3, 0.4) is 0 Å². The van der Waals surface area contributed by atoms with Crippen molar-refractivity contribution in [2.24, 2.45) is 0 Å². The zero-order valence-corrected chi connectivity index (χ0v) is 12.3. The molecule has 0 saturated carbocycles. The van der Waals surface area contributed by atoms with E-state index in [-0.39, 0.29) is 11.9 Å². The van der Waals surface area contributed by atoms with E-state index in [1.54, 1.807) is 4.90 Å². The Hall–Kier alpha value is -1.89. The van der Waals surface area contributed by atoms with Gasteiger partial charge in [0.25, 0.3) is 17.7 Å². The lowest BCUT2D eigenvalue weighted by atomic mass is 10.2. The molecule has 106 valence electrons. The number of amides is 1. The van der Waals surface area contributed by atoms with Crippen LogP contribution in [0.2, 0.25) is 0 Å². The molecule has 1 atom stereocenters. The van der Waals surface area contributed by atoms with E-state index in [1.807, 2.05) is 35.8 Å². The zero-order chi connectivity index (χ0) is 14.1. The van der Waals surface area contributed by atoms with Crippen LogP contribution in [-0.2, 0) is 0 Å². The van der Waals surface area contributed by atoms with E-state index >= 15 is 0 Å². The Kier molecular flexibility index (Phi) is 3.43. The number of thiophene rings is 1. The highest BCUT2D eigenvalue weighted by molar-refractivity contribution is 7.08. The van der Waals surface area contributed by atoms with Crippen molar-refractivity contribution in [1.29, 1.82) is 0 Å². The first-order chi connectivity index (χ1) is 9.66. The van der Waals surface area contributed by atoms with Crippen LogP contribution in [0.15, 0.2) is 21.3 Å². The smallest absolute Gasteiger partial charge is 0.265 e. The van der Waals surface area contributed by atoms with Gasteiger partial charge in [-0.3, -0.25) is 4.79 Å². The van der Waals surface area contributed by atoms with Gasteiger partial charge >= 0.3 is 0 Å². The Morgan fingerprint density at radius 3 is 3.05 bits per heavy atom. The van der Waals surface area contributed by atoms with Crippen LogP contribution in [0, 0.1) is 0 Å². The van der Waals surface area contributed by atoms with Crippen LogP contribution in [0.4, 0.5) is 5.95 Å². The fraction of sp³-hybridized carbons (Fsp3) is 0.462. The first-order valence-electron chi connectivity index (χ1n) is 6.51. The van der Waals surface area contributed by atoms with Crippen LogP contribution in [0.25, 0.3) is 0 Å². The number of likely N-dealkylation sites (tertiary alicyclic amines) is 1. The van der Waals surface area contributed by atoms with E-state index in [0.717, 1.165) is 24.9 Å². The third-order valence-electron chi connectivity index (χ3n) is 3.40. The molecule has 0 bridgehead atoms. The Balaban J connectivity index is 1.83. The highest BCUT2D eigenvalue weighted by Crippen LogP contribution is 2.33. The SMILES string of the molecule is CN(C)c1noc(C2CCCN2C(=O)c2ccsc2)n1. The molecule has 20 heavy (non-hydrogen) atoms. The van der Waals surface area contributed by atoms with Crippen molar-refractivity contribution in [3.63, 3.8) is 0 Å². The van der Waals surface area contributed by atoms with Gasteiger partial charge in [0.2, 0.25) is 0 Å². The highest BCUT2D eigenvalue weighted by atomic mass is 32.1. The first-order valence-corrected chi connectivity index (χ1v) is 7.45. The summed E-state index contributed by atoms with van der Waals surface area (Å²) in [5.41, 5.74) is 0.731. The second-order valence-corrected chi connectivity index (χ2v) is 5.78. The van der Waals surface area contributed by atoms with E-state index in [2.05, 4.69) is 10.1 Å². The fourth-order valence-corrected chi connectivity index (χ4v) is 2.99. The largest absolute Gasteiger partial charge is 0.344 e. The van der Waals surface area contributed by atoms with E-state index in [9.17, 15) is 4.79 Å². The average molecular weight is 292 g/mol. The second-order valence-electron chi connectivity index (χ2n) is 5.00. The van der Waals surface area contributed by atoms with Gasteiger partial charge in [-0.2, -0.15) is 16.3 Å². The number of aromatic nitrogens is 2. The molecule has 2 aromatic rings. The van der Waals surface area contributed by atoms with E-state index < -0.39 is 0 Å². The lowest BCUT2D eigenvalue weighted by Crippen LogP contribution is -2.30. The summed E-state index contributed by atoms with van der Waals surface area (Å²) < 4.78 is 5.31. The van der Waals surface area contributed by atoms with Gasteiger partial charge in [-0.15, -0.1) is 0 Å². The third-order valence-corrected chi connectivity index (χ3v) is 4.08. The van der Waals surface area contributed by atoms with Crippen LogP contribution >= 0.6 is 11.3 Å². The van der Waals surface area contributed by atoms with Gasteiger partial charge in [-0.05, 0) is 29.4 Å². The summed E-state index contributed by atoms with van der Waals surface area (Å²) in [4.78, 5) is 20.4. The number of carbonyl (C=O) groups is 1. The first kappa shape index (κ1) is 13.1. The van der Waals surface area contributed by atoms with Gasteiger partial charge in [-0.1, -0.05) is 0 Å². The maximum Gasteiger partial charge on any atom is 0.265 e. The van der Waals surface area contributed by atoms with E-state index in [0.29, 0.717) is 11.8 Å². The molecular weight excluding hydrogens is 276 g/mol. The predicted octanol–water partition coefficient (Wildman–Crippen LogP) is 2.17. The third kappa shape index (κ3) is 2.29. The number of hydrogen-bond donors (Lipinski definition) is 0. The minimum absolute atomic E-state index is 0.0401. The van der Waals surface area contributed by atoms with Crippen molar-refractivity contribution in [3.05, 3.63) is 28.3 Å². The summed E-state index contributed by atoms with van der Waals surface area (Å²) in [6, 6.07) is 1.74. The Labute approximate surface area is 121 Å². The molecule has 0 aliphatic carbocycles. The molecule has 1 aliphatic rings. The van der Waals surface area contributed by atoms with Gasteiger partial charge in [0.05, 0.1) is 5.56 Å². The van der Waals surface area contributed by atoms with Crippen LogP contribution in [-0.4, -0.2) is 41.6 Å². The number of carbonyl (C=O) groups excluding carboxylic acids is 1. The van der Waals surface area contributed by atoms with E-state index in [4.69, 9.17) is 4.52 Å². The molecule has 3 rings (SSSR count). The molecule has 7 heteroatoms. The zero-order valence-electron chi connectivity index (χ0n) is 11.4. The van der Waals surface area contributed by atoms with Crippen molar-refractivity contribution in [1.82, 2.24) is 15.0 Å². The van der Waals surface area contributed by atoms with Gasteiger partial charge in [-0.25, -0.2) is 0 Å². The van der Waals surface area contributed by atoms with Crippen molar-refractivity contribution in [2.75, 3.05) is 25.5 Å². The van der Waals surface area contributed by atoms with Gasteiger partial charge < -0.3 is 14.3 Å². The summed E-state index contributed by atoms with van der Waals surface area (Å²) >= 11 is 1.53. The number of rotatable bonds is 3. The normalized spacial score (nSPS) is 18.5. The minimum atomic E-state index is -0.108. The lowest BCUT2D eigenvalue weighted by molar-refractivity contribution is 0.0710. The summed E-state index contributed by atoms with van der Waals surface area (Å²) in [5, 5.41) is 7.70. The molecule has 1 amide bonds. The number of nitrogens with zero attached hydrogens (tertiary/aromatic N) is 4. The highest BCUT2D eigenvalue weighted by Gasteiger charge is 2.34. The summed E-state index contributed by atoms with van der Waals surface area (Å²) in [6.45, 7) is 0.735. The maximum absolute atomic E-state index is 12.5.